The SMILES string of the molecule is O[C@H](CN1CCC(N[C@H]2CCCC[C@@H]2O)CC1)Cn1ccc2ccccc21. The zero-order valence-electron chi connectivity index (χ0n) is 16.1. The predicted octanol–water partition coefficient (Wildman–Crippen LogP) is 2.36. The fourth-order valence-corrected chi connectivity index (χ4v) is 4.77. The van der Waals surface area contributed by atoms with Crippen molar-refractivity contribution in [3.8, 4) is 0 Å². The van der Waals surface area contributed by atoms with E-state index in [-0.39, 0.29) is 18.2 Å². The summed E-state index contributed by atoms with van der Waals surface area (Å²) in [5.41, 5.74) is 1.19. The Labute approximate surface area is 162 Å². The van der Waals surface area contributed by atoms with Crippen LogP contribution in [0.3, 0.4) is 0 Å². The van der Waals surface area contributed by atoms with Crippen LogP contribution in [0, 0.1) is 0 Å². The predicted molar refractivity (Wildman–Crippen MR) is 109 cm³/mol. The molecular formula is C22H33N3O2. The van der Waals surface area contributed by atoms with E-state index >= 15 is 0 Å². The lowest BCUT2D eigenvalue weighted by Crippen LogP contribution is -2.51. The molecule has 1 saturated carbocycles. The molecule has 5 heteroatoms. The second kappa shape index (κ2) is 8.74. The van der Waals surface area contributed by atoms with Crippen molar-refractivity contribution in [1.82, 2.24) is 14.8 Å². The fourth-order valence-electron chi connectivity index (χ4n) is 4.77. The van der Waals surface area contributed by atoms with Gasteiger partial charge in [0.05, 0.1) is 12.2 Å². The highest BCUT2D eigenvalue weighted by atomic mass is 16.3. The highest BCUT2D eigenvalue weighted by Crippen LogP contribution is 2.21. The van der Waals surface area contributed by atoms with Crippen molar-refractivity contribution in [3.63, 3.8) is 0 Å². The minimum atomic E-state index is -0.356. The molecule has 148 valence electrons. The lowest BCUT2D eigenvalue weighted by atomic mass is 9.91. The summed E-state index contributed by atoms with van der Waals surface area (Å²) in [7, 11) is 0. The van der Waals surface area contributed by atoms with Gasteiger partial charge in [-0.05, 0) is 56.3 Å². The zero-order valence-corrected chi connectivity index (χ0v) is 16.1. The Morgan fingerprint density at radius 3 is 2.59 bits per heavy atom. The lowest BCUT2D eigenvalue weighted by molar-refractivity contribution is 0.0632. The number of hydrogen-bond donors (Lipinski definition) is 3. The molecule has 4 rings (SSSR count). The Hall–Kier alpha value is -1.40. The molecule has 2 heterocycles. The van der Waals surface area contributed by atoms with E-state index in [1.165, 1.54) is 17.3 Å². The number of para-hydroxylation sites is 1. The summed E-state index contributed by atoms with van der Waals surface area (Å²) in [6.45, 7) is 3.40. The summed E-state index contributed by atoms with van der Waals surface area (Å²) in [6, 6.07) is 11.2. The Bertz CT molecular complexity index is 723. The van der Waals surface area contributed by atoms with Gasteiger partial charge in [0, 0.05) is 36.9 Å². The second-order valence-corrected chi connectivity index (χ2v) is 8.38. The third-order valence-corrected chi connectivity index (χ3v) is 6.32. The summed E-state index contributed by atoms with van der Waals surface area (Å²) in [6.07, 6.45) is 8.17. The number of hydrogen-bond acceptors (Lipinski definition) is 4. The second-order valence-electron chi connectivity index (χ2n) is 8.38. The van der Waals surface area contributed by atoms with E-state index in [2.05, 4.69) is 39.2 Å². The molecule has 0 radical (unpaired) electrons. The van der Waals surface area contributed by atoms with Crippen molar-refractivity contribution in [2.24, 2.45) is 0 Å². The fraction of sp³-hybridized carbons (Fsp3) is 0.636. The van der Waals surface area contributed by atoms with Crippen molar-refractivity contribution >= 4 is 10.9 Å². The number of piperidine rings is 1. The molecule has 1 aromatic carbocycles. The Kier molecular flexibility index (Phi) is 6.13. The maximum absolute atomic E-state index is 10.6. The van der Waals surface area contributed by atoms with E-state index in [0.717, 1.165) is 51.7 Å². The van der Waals surface area contributed by atoms with Crippen molar-refractivity contribution in [1.29, 1.82) is 0 Å². The van der Waals surface area contributed by atoms with Crippen LogP contribution in [0.4, 0.5) is 0 Å². The number of aliphatic hydroxyl groups is 2. The number of fused-ring (bicyclic) bond motifs is 1. The molecule has 2 fully saturated rings. The van der Waals surface area contributed by atoms with E-state index in [9.17, 15) is 10.2 Å². The van der Waals surface area contributed by atoms with Gasteiger partial charge in [0.2, 0.25) is 0 Å². The Balaban J connectivity index is 1.23. The molecule has 0 spiro atoms. The van der Waals surface area contributed by atoms with Crippen molar-refractivity contribution < 1.29 is 10.2 Å². The van der Waals surface area contributed by atoms with Gasteiger partial charge in [-0.3, -0.25) is 0 Å². The van der Waals surface area contributed by atoms with E-state index in [0.29, 0.717) is 12.6 Å². The number of β-amino-alcohol motifs (C(OH)–C–C–N with tert-alkyl or cyclic N) is 1. The standard InChI is InChI=1S/C22H33N3O2/c26-19(16-25-14-9-17-5-1-3-7-21(17)25)15-24-12-10-18(11-13-24)23-20-6-2-4-8-22(20)27/h1,3,5,7,9,14,18-20,22-23,26-27H,2,4,6,8,10-13,15-16H2/t19-,20+,22+/m1/s1. The molecule has 2 aliphatic rings. The molecule has 1 aromatic heterocycles. The molecule has 0 bridgehead atoms. The van der Waals surface area contributed by atoms with Crippen molar-refractivity contribution in [3.05, 3.63) is 36.5 Å². The lowest BCUT2D eigenvalue weighted by Gasteiger charge is -2.37. The maximum atomic E-state index is 10.6. The molecule has 5 nitrogen and oxygen atoms in total. The van der Waals surface area contributed by atoms with Crippen LogP contribution in [0.15, 0.2) is 36.5 Å². The molecule has 0 amide bonds. The molecule has 1 saturated heterocycles. The summed E-state index contributed by atoms with van der Waals surface area (Å²) in [5.74, 6) is 0. The highest BCUT2D eigenvalue weighted by Gasteiger charge is 2.27. The first kappa shape index (κ1) is 18.9. The summed E-state index contributed by atoms with van der Waals surface area (Å²) in [4.78, 5) is 2.38. The van der Waals surface area contributed by atoms with Crippen LogP contribution < -0.4 is 5.32 Å². The molecule has 3 N–H and O–H groups in total. The van der Waals surface area contributed by atoms with Gasteiger partial charge in [-0.15, -0.1) is 0 Å². The topological polar surface area (TPSA) is 60.7 Å². The van der Waals surface area contributed by atoms with Crippen molar-refractivity contribution in [2.75, 3.05) is 19.6 Å². The van der Waals surface area contributed by atoms with Crippen LogP contribution in [0.25, 0.3) is 10.9 Å². The van der Waals surface area contributed by atoms with Gasteiger partial charge < -0.3 is 25.0 Å². The Morgan fingerprint density at radius 2 is 1.78 bits per heavy atom. The molecule has 2 aromatic rings. The van der Waals surface area contributed by atoms with Crippen LogP contribution >= 0.6 is 0 Å². The van der Waals surface area contributed by atoms with Crippen LogP contribution in [0.2, 0.25) is 0 Å². The average Bonchev–Trinajstić information content (AvgIpc) is 3.08. The third-order valence-electron chi connectivity index (χ3n) is 6.32. The summed E-state index contributed by atoms with van der Waals surface area (Å²) in [5, 5.41) is 25.7. The molecule has 1 aliphatic carbocycles. The molecule has 1 aliphatic heterocycles. The monoisotopic (exact) mass is 371 g/mol. The molecule has 0 unspecified atom stereocenters. The van der Waals surface area contributed by atoms with Gasteiger partial charge in [-0.2, -0.15) is 0 Å². The third kappa shape index (κ3) is 4.72. The summed E-state index contributed by atoms with van der Waals surface area (Å²) < 4.78 is 2.15. The normalized spacial score (nSPS) is 26.4. The van der Waals surface area contributed by atoms with Gasteiger partial charge >= 0.3 is 0 Å². The van der Waals surface area contributed by atoms with Gasteiger partial charge in [0.25, 0.3) is 0 Å². The number of rotatable bonds is 6. The number of aromatic nitrogens is 1. The first-order valence-corrected chi connectivity index (χ1v) is 10.6. The first-order chi connectivity index (χ1) is 13.2. The van der Waals surface area contributed by atoms with Crippen LogP contribution in [0.1, 0.15) is 38.5 Å². The van der Waals surface area contributed by atoms with E-state index in [4.69, 9.17) is 0 Å². The van der Waals surface area contributed by atoms with Crippen LogP contribution in [0.5, 0.6) is 0 Å². The summed E-state index contributed by atoms with van der Waals surface area (Å²) >= 11 is 0. The highest BCUT2D eigenvalue weighted by molar-refractivity contribution is 5.79. The zero-order chi connectivity index (χ0) is 18.6. The van der Waals surface area contributed by atoms with Gasteiger partial charge in [0.15, 0.2) is 0 Å². The van der Waals surface area contributed by atoms with E-state index in [1.807, 2.05) is 12.1 Å². The molecule has 3 atom stereocenters. The minimum absolute atomic E-state index is 0.171. The van der Waals surface area contributed by atoms with Crippen molar-refractivity contribution in [2.45, 2.75) is 69.4 Å². The number of nitrogens with zero attached hydrogens (tertiary/aromatic N) is 2. The molecular weight excluding hydrogens is 338 g/mol. The minimum Gasteiger partial charge on any atom is -0.392 e. The van der Waals surface area contributed by atoms with E-state index < -0.39 is 0 Å². The quantitative estimate of drug-likeness (QED) is 0.730. The Morgan fingerprint density at radius 1 is 1.00 bits per heavy atom. The number of nitrogens with one attached hydrogen (secondary N) is 1. The number of likely N-dealkylation sites (tertiary alicyclic amines) is 1. The number of aliphatic hydroxyl groups excluding tert-OH is 2. The van der Waals surface area contributed by atoms with Gasteiger partial charge in [-0.1, -0.05) is 31.0 Å². The average molecular weight is 372 g/mol. The smallest absolute Gasteiger partial charge is 0.0845 e. The van der Waals surface area contributed by atoms with Crippen LogP contribution in [-0.2, 0) is 6.54 Å². The first-order valence-electron chi connectivity index (χ1n) is 10.6. The molecule has 27 heavy (non-hydrogen) atoms. The number of benzene rings is 1. The largest absolute Gasteiger partial charge is 0.392 e. The van der Waals surface area contributed by atoms with Gasteiger partial charge in [0.1, 0.15) is 0 Å². The van der Waals surface area contributed by atoms with Crippen LogP contribution in [-0.4, -0.2) is 63.6 Å². The van der Waals surface area contributed by atoms with E-state index in [1.54, 1.807) is 0 Å². The van der Waals surface area contributed by atoms with Gasteiger partial charge in [-0.25, -0.2) is 0 Å². The maximum Gasteiger partial charge on any atom is 0.0845 e.